The van der Waals surface area contributed by atoms with Crippen molar-refractivity contribution < 1.29 is 9.13 Å². The Morgan fingerprint density at radius 3 is 2.65 bits per heavy atom. The standard InChI is InChI=1S/C14H22FNO/c1-4-17-7-5-6-13(16)14-11(3)8-10(2)9-12(14)15/h8-9,13H,4-7,16H2,1-3H3. The van der Waals surface area contributed by atoms with Crippen LogP contribution in [-0.2, 0) is 4.74 Å². The number of halogens is 1. The Hall–Kier alpha value is -0.930. The van der Waals surface area contributed by atoms with Crippen LogP contribution in [0.1, 0.15) is 42.5 Å². The van der Waals surface area contributed by atoms with Gasteiger partial charge in [-0.25, -0.2) is 4.39 Å². The fraction of sp³-hybridized carbons (Fsp3) is 0.571. The first-order valence-corrected chi connectivity index (χ1v) is 6.16. The van der Waals surface area contributed by atoms with Crippen LogP contribution in [0.2, 0.25) is 0 Å². The number of benzene rings is 1. The second-order valence-corrected chi connectivity index (χ2v) is 4.42. The van der Waals surface area contributed by atoms with Crippen molar-refractivity contribution in [2.75, 3.05) is 13.2 Å². The van der Waals surface area contributed by atoms with Crippen molar-refractivity contribution in [1.82, 2.24) is 0 Å². The highest BCUT2D eigenvalue weighted by atomic mass is 19.1. The van der Waals surface area contributed by atoms with Gasteiger partial charge in [-0.2, -0.15) is 0 Å². The number of hydrogen-bond donors (Lipinski definition) is 1. The topological polar surface area (TPSA) is 35.2 Å². The summed E-state index contributed by atoms with van der Waals surface area (Å²) >= 11 is 0. The van der Waals surface area contributed by atoms with Crippen molar-refractivity contribution >= 4 is 0 Å². The molecule has 17 heavy (non-hydrogen) atoms. The molecular formula is C14H22FNO. The molecular weight excluding hydrogens is 217 g/mol. The summed E-state index contributed by atoms with van der Waals surface area (Å²) in [4.78, 5) is 0. The molecule has 1 rings (SSSR count). The normalized spacial score (nSPS) is 12.8. The van der Waals surface area contributed by atoms with Gasteiger partial charge in [-0.1, -0.05) is 6.07 Å². The van der Waals surface area contributed by atoms with Gasteiger partial charge in [-0.3, -0.25) is 0 Å². The van der Waals surface area contributed by atoms with Gasteiger partial charge in [0.05, 0.1) is 0 Å². The molecule has 0 radical (unpaired) electrons. The van der Waals surface area contributed by atoms with Gasteiger partial charge in [-0.05, 0) is 50.8 Å². The maximum absolute atomic E-state index is 13.8. The summed E-state index contributed by atoms with van der Waals surface area (Å²) in [6, 6.07) is 3.28. The Balaban J connectivity index is 2.65. The Labute approximate surface area is 103 Å². The average Bonchev–Trinajstić information content (AvgIpc) is 2.23. The van der Waals surface area contributed by atoms with Crippen LogP contribution in [0.3, 0.4) is 0 Å². The van der Waals surface area contributed by atoms with E-state index >= 15 is 0 Å². The van der Waals surface area contributed by atoms with Gasteiger partial charge in [0.2, 0.25) is 0 Å². The third kappa shape index (κ3) is 4.10. The minimum atomic E-state index is -0.240. The lowest BCUT2D eigenvalue weighted by atomic mass is 9.96. The molecule has 1 aromatic rings. The molecule has 0 spiro atoms. The van der Waals surface area contributed by atoms with Crippen molar-refractivity contribution in [1.29, 1.82) is 0 Å². The smallest absolute Gasteiger partial charge is 0.128 e. The Bertz CT molecular complexity index is 342. The monoisotopic (exact) mass is 239 g/mol. The summed E-state index contributed by atoms with van der Waals surface area (Å²) in [5, 5.41) is 0. The van der Waals surface area contributed by atoms with E-state index in [1.165, 1.54) is 0 Å². The molecule has 1 unspecified atom stereocenters. The van der Waals surface area contributed by atoms with Crippen LogP contribution in [0.4, 0.5) is 4.39 Å². The summed E-state index contributed by atoms with van der Waals surface area (Å²) in [7, 11) is 0. The summed E-state index contributed by atoms with van der Waals surface area (Å²) in [6.07, 6.45) is 1.61. The largest absolute Gasteiger partial charge is 0.382 e. The van der Waals surface area contributed by atoms with Crippen molar-refractivity contribution in [3.8, 4) is 0 Å². The van der Waals surface area contributed by atoms with E-state index in [1.807, 2.05) is 26.8 Å². The first kappa shape index (κ1) is 14.1. The van der Waals surface area contributed by atoms with E-state index in [1.54, 1.807) is 6.07 Å². The van der Waals surface area contributed by atoms with Gasteiger partial charge in [0.15, 0.2) is 0 Å². The van der Waals surface area contributed by atoms with Crippen LogP contribution >= 0.6 is 0 Å². The van der Waals surface area contributed by atoms with Gasteiger partial charge in [0.1, 0.15) is 5.82 Å². The van der Waals surface area contributed by atoms with Gasteiger partial charge in [0.25, 0.3) is 0 Å². The summed E-state index contributed by atoms with van der Waals surface area (Å²) in [6.45, 7) is 7.17. The summed E-state index contributed by atoms with van der Waals surface area (Å²) < 4.78 is 19.1. The SMILES string of the molecule is CCOCCCC(N)c1c(C)cc(C)cc1F. The second kappa shape index (κ2) is 6.72. The fourth-order valence-corrected chi connectivity index (χ4v) is 2.09. The molecule has 1 aromatic carbocycles. The van der Waals surface area contributed by atoms with E-state index in [4.69, 9.17) is 10.5 Å². The lowest BCUT2D eigenvalue weighted by molar-refractivity contribution is 0.142. The predicted octanol–water partition coefficient (Wildman–Crippen LogP) is 3.26. The number of rotatable bonds is 6. The maximum atomic E-state index is 13.8. The highest BCUT2D eigenvalue weighted by Gasteiger charge is 2.14. The number of nitrogens with two attached hydrogens (primary N) is 1. The lowest BCUT2D eigenvalue weighted by Crippen LogP contribution is -2.15. The Kier molecular flexibility index (Phi) is 5.59. The van der Waals surface area contributed by atoms with Crippen LogP contribution in [0.5, 0.6) is 0 Å². The van der Waals surface area contributed by atoms with Crippen LogP contribution < -0.4 is 5.73 Å². The summed E-state index contributed by atoms with van der Waals surface area (Å²) in [5.74, 6) is -0.189. The zero-order chi connectivity index (χ0) is 12.8. The molecule has 2 N–H and O–H groups in total. The van der Waals surface area contributed by atoms with E-state index in [0.717, 1.165) is 24.0 Å². The van der Waals surface area contributed by atoms with Gasteiger partial charge in [0, 0.05) is 24.8 Å². The molecule has 3 heteroatoms. The Morgan fingerprint density at radius 1 is 1.35 bits per heavy atom. The highest BCUT2D eigenvalue weighted by molar-refractivity contribution is 5.34. The van der Waals surface area contributed by atoms with Crippen molar-refractivity contribution in [2.24, 2.45) is 5.73 Å². The van der Waals surface area contributed by atoms with Crippen molar-refractivity contribution in [2.45, 2.75) is 39.7 Å². The quantitative estimate of drug-likeness (QED) is 0.773. The fourth-order valence-electron chi connectivity index (χ4n) is 2.09. The van der Waals surface area contributed by atoms with E-state index in [0.29, 0.717) is 18.8 Å². The highest BCUT2D eigenvalue weighted by Crippen LogP contribution is 2.24. The molecule has 96 valence electrons. The molecule has 2 nitrogen and oxygen atoms in total. The molecule has 0 bridgehead atoms. The lowest BCUT2D eigenvalue weighted by Gasteiger charge is -2.16. The van der Waals surface area contributed by atoms with Crippen LogP contribution in [-0.4, -0.2) is 13.2 Å². The number of aryl methyl sites for hydroxylation is 2. The van der Waals surface area contributed by atoms with Gasteiger partial charge in [-0.15, -0.1) is 0 Å². The van der Waals surface area contributed by atoms with Crippen LogP contribution in [0.25, 0.3) is 0 Å². The minimum absolute atomic E-state index is 0.189. The van der Waals surface area contributed by atoms with Crippen LogP contribution in [0, 0.1) is 19.7 Å². The molecule has 1 atom stereocenters. The van der Waals surface area contributed by atoms with Crippen LogP contribution in [0.15, 0.2) is 12.1 Å². The molecule has 0 fully saturated rings. The second-order valence-electron chi connectivity index (χ2n) is 4.42. The van der Waals surface area contributed by atoms with E-state index in [-0.39, 0.29) is 11.9 Å². The molecule has 0 heterocycles. The first-order chi connectivity index (χ1) is 8.06. The molecule has 0 aliphatic carbocycles. The number of hydrogen-bond acceptors (Lipinski definition) is 2. The van der Waals surface area contributed by atoms with Gasteiger partial charge < -0.3 is 10.5 Å². The van der Waals surface area contributed by atoms with Crippen molar-refractivity contribution in [3.05, 3.63) is 34.6 Å². The molecule has 0 aliphatic heterocycles. The predicted molar refractivity (Wildman–Crippen MR) is 68.5 cm³/mol. The van der Waals surface area contributed by atoms with E-state index in [2.05, 4.69) is 0 Å². The maximum Gasteiger partial charge on any atom is 0.128 e. The Morgan fingerprint density at radius 2 is 2.06 bits per heavy atom. The third-order valence-corrected chi connectivity index (χ3v) is 2.86. The van der Waals surface area contributed by atoms with Crippen molar-refractivity contribution in [3.63, 3.8) is 0 Å². The number of ether oxygens (including phenoxy) is 1. The first-order valence-electron chi connectivity index (χ1n) is 6.16. The molecule has 0 saturated heterocycles. The third-order valence-electron chi connectivity index (χ3n) is 2.86. The molecule has 0 aromatic heterocycles. The average molecular weight is 239 g/mol. The zero-order valence-corrected chi connectivity index (χ0v) is 10.9. The van der Waals surface area contributed by atoms with E-state index in [9.17, 15) is 4.39 Å². The molecule has 0 amide bonds. The van der Waals surface area contributed by atoms with Gasteiger partial charge >= 0.3 is 0 Å². The zero-order valence-electron chi connectivity index (χ0n) is 10.9. The van der Waals surface area contributed by atoms with E-state index < -0.39 is 0 Å². The summed E-state index contributed by atoms with van der Waals surface area (Å²) in [5.41, 5.74) is 8.55. The minimum Gasteiger partial charge on any atom is -0.382 e. The molecule has 0 aliphatic rings. The molecule has 0 saturated carbocycles.